The number of para-hydroxylation sites is 2. The van der Waals surface area contributed by atoms with Crippen LogP contribution < -0.4 is 15.5 Å². The van der Waals surface area contributed by atoms with Crippen molar-refractivity contribution in [3.63, 3.8) is 0 Å². The molecule has 0 radical (unpaired) electrons. The molecule has 2 aromatic rings. The van der Waals surface area contributed by atoms with Crippen molar-refractivity contribution in [2.75, 3.05) is 12.4 Å². The third kappa shape index (κ3) is 4.82. The van der Waals surface area contributed by atoms with Crippen molar-refractivity contribution in [3.8, 4) is 5.75 Å². The lowest BCUT2D eigenvalue weighted by Gasteiger charge is -2.08. The summed E-state index contributed by atoms with van der Waals surface area (Å²) in [7, 11) is 1.47. The molecule has 0 aromatic heterocycles. The van der Waals surface area contributed by atoms with Crippen molar-refractivity contribution in [1.29, 1.82) is 0 Å². The molecule has 2 rings (SSSR count). The Kier molecular flexibility index (Phi) is 5.71. The van der Waals surface area contributed by atoms with Crippen molar-refractivity contribution in [3.05, 3.63) is 59.1 Å². The number of anilines is 1. The zero-order valence-electron chi connectivity index (χ0n) is 12.2. The maximum Gasteiger partial charge on any atom is 0.329 e. The van der Waals surface area contributed by atoms with E-state index in [1.54, 1.807) is 48.5 Å². The molecule has 0 fully saturated rings. The van der Waals surface area contributed by atoms with Gasteiger partial charge < -0.3 is 10.1 Å². The first kappa shape index (κ1) is 16.5. The standard InChI is InChI=1S/C16H14ClN3O3/c1-23-14-5-3-2-4-13(14)19-15(21)16(22)20-18-10-11-6-8-12(17)9-7-11/h2-10H,1H3,(H,19,21)(H,20,22)/b18-10+. The van der Waals surface area contributed by atoms with Gasteiger partial charge in [-0.2, -0.15) is 5.10 Å². The quantitative estimate of drug-likeness (QED) is 0.513. The maximum absolute atomic E-state index is 11.8. The highest BCUT2D eigenvalue weighted by Gasteiger charge is 2.14. The van der Waals surface area contributed by atoms with Gasteiger partial charge in [-0.1, -0.05) is 35.9 Å². The van der Waals surface area contributed by atoms with Crippen molar-refractivity contribution >= 4 is 35.3 Å². The van der Waals surface area contributed by atoms with E-state index in [0.717, 1.165) is 5.56 Å². The Labute approximate surface area is 138 Å². The molecule has 6 nitrogen and oxygen atoms in total. The van der Waals surface area contributed by atoms with Gasteiger partial charge in [0.25, 0.3) is 0 Å². The monoisotopic (exact) mass is 331 g/mol. The summed E-state index contributed by atoms with van der Waals surface area (Å²) < 4.78 is 5.09. The number of carbonyl (C=O) groups is 2. The van der Waals surface area contributed by atoms with Gasteiger partial charge >= 0.3 is 11.8 Å². The number of hydrogen-bond acceptors (Lipinski definition) is 4. The number of halogens is 1. The van der Waals surface area contributed by atoms with Gasteiger partial charge in [0.15, 0.2) is 0 Å². The van der Waals surface area contributed by atoms with Crippen molar-refractivity contribution in [2.45, 2.75) is 0 Å². The molecule has 0 heterocycles. The van der Waals surface area contributed by atoms with E-state index in [1.165, 1.54) is 13.3 Å². The Morgan fingerprint density at radius 3 is 2.48 bits per heavy atom. The van der Waals surface area contributed by atoms with E-state index in [9.17, 15) is 9.59 Å². The molecule has 23 heavy (non-hydrogen) atoms. The molecule has 118 valence electrons. The Hall–Kier alpha value is -2.86. The fraction of sp³-hybridized carbons (Fsp3) is 0.0625. The van der Waals surface area contributed by atoms with Crippen LogP contribution in [-0.2, 0) is 9.59 Å². The number of amides is 2. The second kappa shape index (κ2) is 7.95. The molecule has 2 amide bonds. The number of nitrogens with zero attached hydrogens (tertiary/aromatic N) is 1. The summed E-state index contributed by atoms with van der Waals surface area (Å²) in [6, 6.07) is 13.6. The SMILES string of the molecule is COc1ccccc1NC(=O)C(=O)N/N=C/c1ccc(Cl)cc1. The number of ether oxygens (including phenoxy) is 1. The highest BCUT2D eigenvalue weighted by atomic mass is 35.5. The molecule has 0 saturated carbocycles. The summed E-state index contributed by atoms with van der Waals surface area (Å²) in [5, 5.41) is 6.77. The predicted octanol–water partition coefficient (Wildman–Crippen LogP) is 2.44. The van der Waals surface area contributed by atoms with Crippen LogP contribution in [0.15, 0.2) is 53.6 Å². The Bertz CT molecular complexity index is 730. The second-order valence-corrected chi connectivity index (χ2v) is 4.84. The van der Waals surface area contributed by atoms with Gasteiger partial charge in [0.2, 0.25) is 0 Å². The number of methoxy groups -OCH3 is 1. The topological polar surface area (TPSA) is 79.8 Å². The molecular formula is C16H14ClN3O3. The first-order valence-corrected chi connectivity index (χ1v) is 7.01. The third-order valence-corrected chi connectivity index (χ3v) is 3.06. The molecule has 0 spiro atoms. The molecule has 7 heteroatoms. The van der Waals surface area contributed by atoms with Gasteiger partial charge in [0, 0.05) is 5.02 Å². The van der Waals surface area contributed by atoms with Crippen LogP contribution in [0.25, 0.3) is 0 Å². The normalized spacial score (nSPS) is 10.3. The number of hydrogen-bond donors (Lipinski definition) is 2. The molecule has 2 aromatic carbocycles. The van der Waals surface area contributed by atoms with E-state index in [4.69, 9.17) is 16.3 Å². The summed E-state index contributed by atoms with van der Waals surface area (Å²) in [6.45, 7) is 0. The molecule has 0 aliphatic carbocycles. The van der Waals surface area contributed by atoms with Gasteiger partial charge in [-0.25, -0.2) is 5.43 Å². The molecule has 0 saturated heterocycles. The fourth-order valence-electron chi connectivity index (χ4n) is 1.69. The van der Waals surface area contributed by atoms with E-state index < -0.39 is 11.8 Å². The maximum atomic E-state index is 11.8. The molecule has 0 atom stereocenters. The van der Waals surface area contributed by atoms with Crippen LogP contribution in [-0.4, -0.2) is 25.1 Å². The van der Waals surface area contributed by atoms with Crippen LogP contribution in [0.2, 0.25) is 5.02 Å². The zero-order valence-corrected chi connectivity index (χ0v) is 13.0. The lowest BCUT2D eigenvalue weighted by molar-refractivity contribution is -0.136. The molecule has 0 aliphatic rings. The minimum atomic E-state index is -0.888. The predicted molar refractivity (Wildman–Crippen MR) is 88.8 cm³/mol. The Morgan fingerprint density at radius 1 is 1.09 bits per heavy atom. The summed E-state index contributed by atoms with van der Waals surface area (Å²) in [5.74, 6) is -1.28. The first-order valence-electron chi connectivity index (χ1n) is 6.63. The lowest BCUT2D eigenvalue weighted by Crippen LogP contribution is -2.32. The summed E-state index contributed by atoms with van der Waals surface area (Å²) in [4.78, 5) is 23.5. The van der Waals surface area contributed by atoms with E-state index >= 15 is 0 Å². The highest BCUT2D eigenvalue weighted by molar-refractivity contribution is 6.39. The van der Waals surface area contributed by atoms with E-state index in [2.05, 4.69) is 15.8 Å². The van der Waals surface area contributed by atoms with Crippen LogP contribution in [0.1, 0.15) is 5.56 Å². The fourth-order valence-corrected chi connectivity index (χ4v) is 1.82. The van der Waals surface area contributed by atoms with Crippen LogP contribution in [0.4, 0.5) is 5.69 Å². The molecular weight excluding hydrogens is 318 g/mol. The van der Waals surface area contributed by atoms with Crippen LogP contribution in [0.3, 0.4) is 0 Å². The minimum absolute atomic E-state index is 0.400. The molecule has 0 bridgehead atoms. The minimum Gasteiger partial charge on any atom is -0.495 e. The van der Waals surface area contributed by atoms with E-state index in [-0.39, 0.29) is 0 Å². The highest BCUT2D eigenvalue weighted by Crippen LogP contribution is 2.22. The van der Waals surface area contributed by atoms with Crippen molar-refractivity contribution in [2.24, 2.45) is 5.10 Å². The second-order valence-electron chi connectivity index (χ2n) is 4.41. The molecule has 2 N–H and O–H groups in total. The summed E-state index contributed by atoms with van der Waals surface area (Å²) in [6.07, 6.45) is 1.41. The molecule has 0 aliphatic heterocycles. The molecule has 0 unspecified atom stereocenters. The number of hydrazone groups is 1. The van der Waals surface area contributed by atoms with Gasteiger partial charge in [0.1, 0.15) is 5.75 Å². The van der Waals surface area contributed by atoms with Gasteiger partial charge in [-0.3, -0.25) is 9.59 Å². The van der Waals surface area contributed by atoms with Crippen molar-refractivity contribution < 1.29 is 14.3 Å². The summed E-state index contributed by atoms with van der Waals surface area (Å²) in [5.41, 5.74) is 3.28. The number of carbonyl (C=O) groups excluding carboxylic acids is 2. The van der Waals surface area contributed by atoms with Gasteiger partial charge in [-0.05, 0) is 29.8 Å². The van der Waals surface area contributed by atoms with E-state index in [0.29, 0.717) is 16.5 Å². The first-order chi connectivity index (χ1) is 11.1. The number of nitrogens with one attached hydrogen (secondary N) is 2. The largest absolute Gasteiger partial charge is 0.495 e. The van der Waals surface area contributed by atoms with Gasteiger partial charge in [-0.15, -0.1) is 0 Å². The summed E-state index contributed by atoms with van der Waals surface area (Å²) >= 11 is 5.76. The number of rotatable bonds is 4. The third-order valence-electron chi connectivity index (χ3n) is 2.81. The van der Waals surface area contributed by atoms with Crippen LogP contribution in [0.5, 0.6) is 5.75 Å². The Balaban J connectivity index is 1.92. The van der Waals surface area contributed by atoms with Gasteiger partial charge in [0.05, 0.1) is 19.0 Å². The number of benzene rings is 2. The zero-order chi connectivity index (χ0) is 16.7. The Morgan fingerprint density at radius 2 is 1.78 bits per heavy atom. The van der Waals surface area contributed by atoms with Crippen molar-refractivity contribution in [1.82, 2.24) is 5.43 Å². The average molecular weight is 332 g/mol. The average Bonchev–Trinajstić information content (AvgIpc) is 2.57. The smallest absolute Gasteiger partial charge is 0.329 e. The van der Waals surface area contributed by atoms with Crippen LogP contribution in [0, 0.1) is 0 Å². The van der Waals surface area contributed by atoms with E-state index in [1.807, 2.05) is 0 Å². The van der Waals surface area contributed by atoms with Crippen LogP contribution >= 0.6 is 11.6 Å². The lowest BCUT2D eigenvalue weighted by atomic mass is 10.2.